The predicted octanol–water partition coefficient (Wildman–Crippen LogP) is 2.57. The normalized spacial score (nSPS) is 10.1. The SMILES string of the molecule is CN(c1ccccn1)c1c(N)cccc1F. The van der Waals surface area contributed by atoms with Crippen molar-refractivity contribution >= 4 is 17.2 Å². The quantitative estimate of drug-likeness (QED) is 0.786. The molecule has 0 aliphatic heterocycles. The van der Waals surface area contributed by atoms with E-state index in [1.54, 1.807) is 36.3 Å². The van der Waals surface area contributed by atoms with Crippen molar-refractivity contribution in [1.82, 2.24) is 4.98 Å². The van der Waals surface area contributed by atoms with Crippen molar-refractivity contribution in [1.29, 1.82) is 0 Å². The highest BCUT2D eigenvalue weighted by Crippen LogP contribution is 2.29. The molecule has 2 rings (SSSR count). The number of rotatable bonds is 2. The van der Waals surface area contributed by atoms with Gasteiger partial charge in [0.2, 0.25) is 0 Å². The summed E-state index contributed by atoms with van der Waals surface area (Å²) < 4.78 is 13.6. The summed E-state index contributed by atoms with van der Waals surface area (Å²) >= 11 is 0. The molecule has 0 unspecified atom stereocenters. The third-order valence-corrected chi connectivity index (χ3v) is 2.35. The Morgan fingerprint density at radius 3 is 2.62 bits per heavy atom. The van der Waals surface area contributed by atoms with Gasteiger partial charge < -0.3 is 10.6 Å². The Morgan fingerprint density at radius 1 is 1.19 bits per heavy atom. The van der Waals surface area contributed by atoms with Gasteiger partial charge in [0.15, 0.2) is 0 Å². The van der Waals surface area contributed by atoms with Crippen LogP contribution in [0.3, 0.4) is 0 Å². The Morgan fingerprint density at radius 2 is 2.00 bits per heavy atom. The van der Waals surface area contributed by atoms with Crippen LogP contribution in [-0.4, -0.2) is 12.0 Å². The number of halogens is 1. The number of anilines is 3. The van der Waals surface area contributed by atoms with Crippen molar-refractivity contribution in [3.05, 3.63) is 48.4 Å². The standard InChI is InChI=1S/C12H12FN3/c1-16(11-7-2-3-8-15-11)12-9(13)5-4-6-10(12)14/h2-8H,14H2,1H3. The van der Waals surface area contributed by atoms with Crippen LogP contribution in [0.5, 0.6) is 0 Å². The van der Waals surface area contributed by atoms with Gasteiger partial charge in [-0.3, -0.25) is 0 Å². The van der Waals surface area contributed by atoms with E-state index in [0.29, 0.717) is 17.2 Å². The van der Waals surface area contributed by atoms with E-state index in [1.165, 1.54) is 6.07 Å². The Kier molecular flexibility index (Phi) is 2.72. The summed E-state index contributed by atoms with van der Waals surface area (Å²) in [7, 11) is 1.73. The predicted molar refractivity (Wildman–Crippen MR) is 63.1 cm³/mol. The van der Waals surface area contributed by atoms with Crippen molar-refractivity contribution in [2.75, 3.05) is 17.7 Å². The molecule has 0 amide bonds. The van der Waals surface area contributed by atoms with E-state index in [9.17, 15) is 4.39 Å². The number of benzene rings is 1. The zero-order chi connectivity index (χ0) is 11.5. The molecule has 0 saturated carbocycles. The second kappa shape index (κ2) is 4.18. The van der Waals surface area contributed by atoms with Crippen molar-refractivity contribution in [3.8, 4) is 0 Å². The van der Waals surface area contributed by atoms with Crippen LogP contribution >= 0.6 is 0 Å². The average Bonchev–Trinajstić information content (AvgIpc) is 2.30. The van der Waals surface area contributed by atoms with Gasteiger partial charge in [-0.15, -0.1) is 0 Å². The van der Waals surface area contributed by atoms with Gasteiger partial charge in [-0.2, -0.15) is 0 Å². The Hall–Kier alpha value is -2.10. The number of nitrogen functional groups attached to an aromatic ring is 1. The smallest absolute Gasteiger partial charge is 0.149 e. The summed E-state index contributed by atoms with van der Waals surface area (Å²) in [5, 5.41) is 0. The molecule has 0 aliphatic carbocycles. The maximum atomic E-state index is 13.6. The number of nitrogens with zero attached hydrogens (tertiary/aromatic N) is 2. The minimum atomic E-state index is -0.354. The maximum Gasteiger partial charge on any atom is 0.149 e. The molecule has 82 valence electrons. The van der Waals surface area contributed by atoms with Crippen LogP contribution in [0, 0.1) is 5.82 Å². The van der Waals surface area contributed by atoms with E-state index in [2.05, 4.69) is 4.98 Å². The molecule has 16 heavy (non-hydrogen) atoms. The summed E-state index contributed by atoms with van der Waals surface area (Å²) in [5.74, 6) is 0.299. The van der Waals surface area contributed by atoms with Gasteiger partial charge >= 0.3 is 0 Å². The van der Waals surface area contributed by atoms with E-state index < -0.39 is 0 Å². The molecule has 0 bridgehead atoms. The molecule has 1 heterocycles. The number of para-hydroxylation sites is 1. The van der Waals surface area contributed by atoms with Crippen LogP contribution in [0.25, 0.3) is 0 Å². The second-order valence-corrected chi connectivity index (χ2v) is 3.42. The number of aromatic nitrogens is 1. The number of nitrogens with two attached hydrogens (primary N) is 1. The van der Waals surface area contributed by atoms with E-state index >= 15 is 0 Å². The molecule has 2 N–H and O–H groups in total. The van der Waals surface area contributed by atoms with Gasteiger partial charge in [-0.25, -0.2) is 9.37 Å². The molecule has 0 radical (unpaired) electrons. The Balaban J connectivity index is 2.46. The van der Waals surface area contributed by atoms with Crippen LogP contribution in [0.1, 0.15) is 0 Å². The summed E-state index contributed by atoms with van der Waals surface area (Å²) in [6.07, 6.45) is 1.66. The van der Waals surface area contributed by atoms with Gasteiger partial charge in [0.1, 0.15) is 17.3 Å². The van der Waals surface area contributed by atoms with Gasteiger partial charge in [0.05, 0.1) is 5.69 Å². The van der Waals surface area contributed by atoms with Crippen LogP contribution in [0.15, 0.2) is 42.6 Å². The molecule has 0 spiro atoms. The van der Waals surface area contributed by atoms with Crippen molar-refractivity contribution in [2.45, 2.75) is 0 Å². The molecule has 3 nitrogen and oxygen atoms in total. The van der Waals surface area contributed by atoms with Crippen LogP contribution < -0.4 is 10.6 Å². The van der Waals surface area contributed by atoms with Crippen molar-refractivity contribution in [3.63, 3.8) is 0 Å². The topological polar surface area (TPSA) is 42.2 Å². The Labute approximate surface area is 93.3 Å². The number of pyridine rings is 1. The number of hydrogen-bond donors (Lipinski definition) is 1. The van der Waals surface area contributed by atoms with Gasteiger partial charge in [0.25, 0.3) is 0 Å². The highest BCUT2D eigenvalue weighted by molar-refractivity contribution is 5.73. The minimum Gasteiger partial charge on any atom is -0.397 e. The zero-order valence-corrected chi connectivity index (χ0v) is 8.89. The molecule has 4 heteroatoms. The van der Waals surface area contributed by atoms with Crippen LogP contribution in [0.2, 0.25) is 0 Å². The van der Waals surface area contributed by atoms with Crippen LogP contribution in [-0.2, 0) is 0 Å². The molecule has 0 saturated heterocycles. The monoisotopic (exact) mass is 217 g/mol. The highest BCUT2D eigenvalue weighted by atomic mass is 19.1. The van der Waals surface area contributed by atoms with Gasteiger partial charge in [-0.05, 0) is 24.3 Å². The molecule has 1 aromatic heterocycles. The third-order valence-electron chi connectivity index (χ3n) is 2.35. The fourth-order valence-electron chi connectivity index (χ4n) is 1.55. The first-order valence-corrected chi connectivity index (χ1v) is 4.89. The van der Waals surface area contributed by atoms with Crippen molar-refractivity contribution in [2.24, 2.45) is 0 Å². The molecular formula is C12H12FN3. The number of hydrogen-bond acceptors (Lipinski definition) is 3. The molecular weight excluding hydrogens is 205 g/mol. The zero-order valence-electron chi connectivity index (χ0n) is 8.89. The second-order valence-electron chi connectivity index (χ2n) is 3.42. The first-order chi connectivity index (χ1) is 7.70. The van der Waals surface area contributed by atoms with E-state index in [1.807, 2.05) is 12.1 Å². The third kappa shape index (κ3) is 1.82. The van der Waals surface area contributed by atoms with Crippen LogP contribution in [0.4, 0.5) is 21.6 Å². The van der Waals surface area contributed by atoms with Gasteiger partial charge in [0, 0.05) is 13.2 Å². The van der Waals surface area contributed by atoms with E-state index in [4.69, 9.17) is 5.73 Å². The first-order valence-electron chi connectivity index (χ1n) is 4.89. The fraction of sp³-hybridized carbons (Fsp3) is 0.0833. The first kappa shape index (κ1) is 10.4. The minimum absolute atomic E-state index is 0.348. The van der Waals surface area contributed by atoms with E-state index in [-0.39, 0.29) is 5.82 Å². The molecule has 2 aromatic rings. The highest BCUT2D eigenvalue weighted by Gasteiger charge is 2.12. The van der Waals surface area contributed by atoms with Crippen molar-refractivity contribution < 1.29 is 4.39 Å². The lowest BCUT2D eigenvalue weighted by Gasteiger charge is -2.20. The van der Waals surface area contributed by atoms with E-state index in [0.717, 1.165) is 0 Å². The lowest BCUT2D eigenvalue weighted by Crippen LogP contribution is -2.14. The maximum absolute atomic E-state index is 13.6. The molecule has 0 aliphatic rings. The average molecular weight is 217 g/mol. The summed E-state index contributed by atoms with van der Waals surface area (Å²) in [6, 6.07) is 10.1. The molecule has 0 fully saturated rings. The fourth-order valence-corrected chi connectivity index (χ4v) is 1.55. The Bertz CT molecular complexity index is 465. The largest absolute Gasteiger partial charge is 0.397 e. The molecule has 1 aromatic carbocycles. The lowest BCUT2D eigenvalue weighted by molar-refractivity contribution is 0.628. The lowest BCUT2D eigenvalue weighted by atomic mass is 10.2. The molecule has 0 atom stereocenters. The summed E-state index contributed by atoms with van der Waals surface area (Å²) in [4.78, 5) is 5.77. The summed E-state index contributed by atoms with van der Waals surface area (Å²) in [5.41, 5.74) is 6.49. The van der Waals surface area contributed by atoms with Gasteiger partial charge in [-0.1, -0.05) is 12.1 Å². The summed E-state index contributed by atoms with van der Waals surface area (Å²) in [6.45, 7) is 0.